The summed E-state index contributed by atoms with van der Waals surface area (Å²) in [5.41, 5.74) is 5.65. The first-order valence-corrected chi connectivity index (χ1v) is 6.93. The molecule has 0 aromatic rings. The molecule has 0 spiro atoms. The summed E-state index contributed by atoms with van der Waals surface area (Å²) >= 11 is 0. The predicted octanol–water partition coefficient (Wildman–Crippen LogP) is 2.04. The molecule has 0 aliphatic rings. The van der Waals surface area contributed by atoms with E-state index in [2.05, 4.69) is 37.5 Å². The third-order valence-electron chi connectivity index (χ3n) is 3.08. The monoisotopic (exact) mass is 241 g/mol. The van der Waals surface area contributed by atoms with Crippen LogP contribution in [0.3, 0.4) is 0 Å². The van der Waals surface area contributed by atoms with Gasteiger partial charge < -0.3 is 16.4 Å². The third-order valence-corrected chi connectivity index (χ3v) is 3.08. The van der Waals surface area contributed by atoms with E-state index in [1.165, 1.54) is 25.7 Å². The molecule has 0 aliphatic carbocycles. The molecule has 0 heterocycles. The molecule has 0 aromatic carbocycles. The van der Waals surface area contributed by atoms with E-state index in [1.54, 1.807) is 0 Å². The quantitative estimate of drug-likeness (QED) is 0.383. The second kappa shape index (κ2) is 10.8. The van der Waals surface area contributed by atoms with Gasteiger partial charge in [0, 0.05) is 18.6 Å². The van der Waals surface area contributed by atoms with E-state index in [4.69, 9.17) is 5.73 Å². The van der Waals surface area contributed by atoms with Gasteiger partial charge in [0.05, 0.1) is 0 Å². The Bertz CT molecular complexity index is 188. The van der Waals surface area contributed by atoms with Crippen LogP contribution in [0, 0.1) is 0 Å². The lowest BCUT2D eigenvalue weighted by atomic mass is 10.0. The van der Waals surface area contributed by atoms with Crippen LogP contribution in [-0.4, -0.2) is 31.7 Å². The molecule has 0 amide bonds. The van der Waals surface area contributed by atoms with E-state index in [0.29, 0.717) is 12.1 Å². The Labute approximate surface area is 107 Å². The lowest BCUT2D eigenvalue weighted by Crippen LogP contribution is -2.39. The van der Waals surface area contributed by atoms with Crippen molar-refractivity contribution in [3.8, 4) is 0 Å². The zero-order chi connectivity index (χ0) is 13.0. The summed E-state index contributed by atoms with van der Waals surface area (Å²) in [6, 6.07) is 0. The van der Waals surface area contributed by atoms with Crippen LogP contribution in [0.4, 0.5) is 0 Å². The molecule has 0 rings (SSSR count). The molecule has 17 heavy (non-hydrogen) atoms. The maximum atomic E-state index is 5.35. The van der Waals surface area contributed by atoms with Crippen molar-refractivity contribution in [1.82, 2.24) is 10.6 Å². The second-order valence-corrected chi connectivity index (χ2v) is 5.14. The molecular formula is C14H31N3. The average Bonchev–Trinajstić information content (AvgIpc) is 2.31. The summed E-state index contributed by atoms with van der Waals surface area (Å²) in [5.74, 6) is 0. The van der Waals surface area contributed by atoms with Gasteiger partial charge in [-0.1, -0.05) is 25.5 Å². The number of hydrogen-bond acceptors (Lipinski definition) is 3. The number of unbranched alkanes of at least 4 members (excludes halogenated alkanes) is 2. The summed E-state index contributed by atoms with van der Waals surface area (Å²) in [7, 11) is 0. The van der Waals surface area contributed by atoms with Gasteiger partial charge in [0.25, 0.3) is 0 Å². The van der Waals surface area contributed by atoms with Gasteiger partial charge in [-0.25, -0.2) is 0 Å². The molecule has 0 fully saturated rings. The zero-order valence-electron chi connectivity index (χ0n) is 11.9. The highest BCUT2D eigenvalue weighted by Gasteiger charge is 2.12. The van der Waals surface area contributed by atoms with Crippen LogP contribution in [0.2, 0.25) is 0 Å². The Kier molecular flexibility index (Phi) is 10.5. The zero-order valence-corrected chi connectivity index (χ0v) is 11.9. The Morgan fingerprint density at radius 3 is 2.41 bits per heavy atom. The molecule has 4 N–H and O–H groups in total. The van der Waals surface area contributed by atoms with E-state index in [0.717, 1.165) is 19.6 Å². The molecule has 0 aliphatic heterocycles. The largest absolute Gasteiger partial charge is 0.327 e. The van der Waals surface area contributed by atoms with Crippen molar-refractivity contribution in [3.63, 3.8) is 0 Å². The molecule has 0 bridgehead atoms. The average molecular weight is 241 g/mol. The number of hydrogen-bond donors (Lipinski definition) is 3. The first-order valence-electron chi connectivity index (χ1n) is 6.93. The van der Waals surface area contributed by atoms with Crippen molar-refractivity contribution in [1.29, 1.82) is 0 Å². The van der Waals surface area contributed by atoms with Crippen LogP contribution >= 0.6 is 0 Å². The highest BCUT2D eigenvalue weighted by atomic mass is 14.9. The van der Waals surface area contributed by atoms with E-state index in [-0.39, 0.29) is 0 Å². The van der Waals surface area contributed by atoms with Crippen LogP contribution in [0.15, 0.2) is 12.2 Å². The van der Waals surface area contributed by atoms with Gasteiger partial charge >= 0.3 is 0 Å². The van der Waals surface area contributed by atoms with E-state index >= 15 is 0 Å². The third kappa shape index (κ3) is 11.9. The van der Waals surface area contributed by atoms with Crippen molar-refractivity contribution in [2.24, 2.45) is 5.73 Å². The predicted molar refractivity (Wildman–Crippen MR) is 77.3 cm³/mol. The Morgan fingerprint density at radius 1 is 1.06 bits per heavy atom. The number of nitrogens with two attached hydrogens (primary N) is 1. The smallest absolute Gasteiger partial charge is 0.0135 e. The first-order chi connectivity index (χ1) is 8.12. The molecule has 3 heteroatoms. The Hall–Kier alpha value is -0.380. The molecule has 0 unspecified atom stereocenters. The molecule has 0 atom stereocenters. The molecule has 0 saturated carbocycles. The van der Waals surface area contributed by atoms with Gasteiger partial charge in [-0.2, -0.15) is 0 Å². The minimum atomic E-state index is 0.297. The van der Waals surface area contributed by atoms with Crippen molar-refractivity contribution in [2.45, 2.75) is 52.0 Å². The number of rotatable bonds is 11. The molecule has 0 radical (unpaired) electrons. The van der Waals surface area contributed by atoms with Crippen molar-refractivity contribution in [3.05, 3.63) is 12.2 Å². The van der Waals surface area contributed by atoms with Gasteiger partial charge in [-0.3, -0.25) is 0 Å². The van der Waals surface area contributed by atoms with Crippen LogP contribution in [0.1, 0.15) is 46.5 Å². The van der Waals surface area contributed by atoms with Gasteiger partial charge in [-0.05, 0) is 46.2 Å². The molecule has 0 aromatic heterocycles. The molecule has 3 nitrogen and oxygen atoms in total. The van der Waals surface area contributed by atoms with Crippen molar-refractivity contribution >= 4 is 0 Å². The second-order valence-electron chi connectivity index (χ2n) is 5.14. The van der Waals surface area contributed by atoms with E-state index in [9.17, 15) is 0 Å². The number of nitrogens with one attached hydrogen (secondary N) is 2. The minimum absolute atomic E-state index is 0.297. The summed E-state index contributed by atoms with van der Waals surface area (Å²) in [4.78, 5) is 0. The van der Waals surface area contributed by atoms with Gasteiger partial charge in [0.1, 0.15) is 0 Å². The van der Waals surface area contributed by atoms with Gasteiger partial charge in [0.2, 0.25) is 0 Å². The Morgan fingerprint density at radius 2 is 1.76 bits per heavy atom. The SMILES string of the molecule is CCC(C)(C)NCCCCCNC/C=C/CN. The fourth-order valence-corrected chi connectivity index (χ4v) is 1.47. The highest BCUT2D eigenvalue weighted by molar-refractivity contribution is 4.84. The fraction of sp³-hybridized carbons (Fsp3) is 0.857. The van der Waals surface area contributed by atoms with Crippen LogP contribution in [-0.2, 0) is 0 Å². The summed E-state index contributed by atoms with van der Waals surface area (Å²) in [6.07, 6.45) is 9.08. The van der Waals surface area contributed by atoms with Crippen LogP contribution < -0.4 is 16.4 Å². The lowest BCUT2D eigenvalue weighted by Gasteiger charge is -2.24. The summed E-state index contributed by atoms with van der Waals surface area (Å²) < 4.78 is 0. The van der Waals surface area contributed by atoms with E-state index < -0.39 is 0 Å². The Balaban J connectivity index is 3.16. The minimum Gasteiger partial charge on any atom is -0.327 e. The highest BCUT2D eigenvalue weighted by Crippen LogP contribution is 2.06. The molecule has 102 valence electrons. The molecular weight excluding hydrogens is 210 g/mol. The van der Waals surface area contributed by atoms with Gasteiger partial charge in [0.15, 0.2) is 0 Å². The summed E-state index contributed by atoms with van der Waals surface area (Å²) in [6.45, 7) is 10.6. The first kappa shape index (κ1) is 16.6. The normalized spacial score (nSPS) is 12.5. The van der Waals surface area contributed by atoms with Crippen LogP contribution in [0.5, 0.6) is 0 Å². The maximum Gasteiger partial charge on any atom is 0.0135 e. The lowest BCUT2D eigenvalue weighted by molar-refractivity contribution is 0.371. The van der Waals surface area contributed by atoms with Gasteiger partial charge in [-0.15, -0.1) is 0 Å². The molecule has 0 saturated heterocycles. The van der Waals surface area contributed by atoms with Crippen molar-refractivity contribution < 1.29 is 0 Å². The topological polar surface area (TPSA) is 50.1 Å². The van der Waals surface area contributed by atoms with Crippen molar-refractivity contribution in [2.75, 3.05) is 26.2 Å². The fourth-order valence-electron chi connectivity index (χ4n) is 1.47. The van der Waals surface area contributed by atoms with Crippen LogP contribution in [0.25, 0.3) is 0 Å². The summed E-state index contributed by atoms with van der Waals surface area (Å²) in [5, 5.41) is 6.96. The maximum absolute atomic E-state index is 5.35. The standard InChI is InChI=1S/C14H31N3/c1-4-14(2,3)17-13-8-5-7-11-16-12-9-6-10-15/h6,9,16-17H,4-5,7-8,10-13,15H2,1-3H3/b9-6+. The van der Waals surface area contributed by atoms with E-state index in [1.807, 2.05) is 6.08 Å².